The summed E-state index contributed by atoms with van der Waals surface area (Å²) in [4.78, 5) is 24.0. The zero-order valence-electron chi connectivity index (χ0n) is 21.7. The molecule has 6 nitrogen and oxygen atoms in total. The van der Waals surface area contributed by atoms with Gasteiger partial charge in [-0.2, -0.15) is 48.3 Å². The summed E-state index contributed by atoms with van der Waals surface area (Å²) in [6.07, 6.45) is -21.8. The van der Waals surface area contributed by atoms with E-state index >= 15 is 0 Å². The summed E-state index contributed by atoms with van der Waals surface area (Å²) >= 11 is 0. The highest BCUT2D eigenvalue weighted by Gasteiger charge is 2.62. The van der Waals surface area contributed by atoms with Crippen molar-refractivity contribution in [3.05, 3.63) is 34.9 Å². The number of hydrogen-bond acceptors (Lipinski definition) is 6. The van der Waals surface area contributed by atoms with Gasteiger partial charge in [-0.3, -0.25) is 4.79 Å². The summed E-state index contributed by atoms with van der Waals surface area (Å²) < 4.78 is 160. The normalized spacial score (nSPS) is 20.5. The van der Waals surface area contributed by atoms with E-state index in [0.29, 0.717) is 6.07 Å². The van der Waals surface area contributed by atoms with Crippen LogP contribution in [0.3, 0.4) is 0 Å². The number of carbonyl (C=O) groups is 2. The van der Waals surface area contributed by atoms with Gasteiger partial charge in [-0.25, -0.2) is 4.79 Å². The Balaban J connectivity index is 2.04. The fourth-order valence-corrected chi connectivity index (χ4v) is 4.71. The molecule has 0 fully saturated rings. The second-order valence-electron chi connectivity index (χ2n) is 10.2. The van der Waals surface area contributed by atoms with Crippen LogP contribution in [0.2, 0.25) is 0 Å². The molecule has 1 aliphatic carbocycles. The Morgan fingerprint density at radius 3 is 2.10 bits per heavy atom. The van der Waals surface area contributed by atoms with Gasteiger partial charge in [0.25, 0.3) is 0 Å². The van der Waals surface area contributed by atoms with E-state index in [1.807, 2.05) is 0 Å². The molecular weight excluding hydrogens is 605 g/mol. The first-order valence-electron chi connectivity index (χ1n) is 12.2. The minimum atomic E-state index is -6.19. The average molecular weight is 628 g/mol. The van der Waals surface area contributed by atoms with E-state index in [1.165, 1.54) is 0 Å². The minimum Gasteiger partial charge on any atom is -0.487 e. The van der Waals surface area contributed by atoms with Crippen molar-refractivity contribution in [3.8, 4) is 11.5 Å². The monoisotopic (exact) mass is 628 g/mol. The molecule has 0 saturated heterocycles. The number of halogens is 11. The Hall–Kier alpha value is -3.27. The summed E-state index contributed by atoms with van der Waals surface area (Å²) in [7, 11) is 0. The third kappa shape index (κ3) is 8.18. The topological polar surface area (TPSA) is 71.1 Å². The molecule has 0 spiro atoms. The van der Waals surface area contributed by atoms with Gasteiger partial charge < -0.3 is 18.9 Å². The zero-order valence-corrected chi connectivity index (χ0v) is 21.7. The minimum absolute atomic E-state index is 0.0337. The average Bonchev–Trinajstić information content (AvgIpc) is 2.82. The van der Waals surface area contributed by atoms with Crippen molar-refractivity contribution >= 4 is 11.9 Å². The number of fused-ring (bicyclic) bond motifs is 3. The number of rotatable bonds is 8. The lowest BCUT2D eigenvalue weighted by atomic mass is 9.67. The Bertz CT molecular complexity index is 1210. The molecule has 0 amide bonds. The molecule has 0 bridgehead atoms. The first-order valence-corrected chi connectivity index (χ1v) is 12.2. The van der Waals surface area contributed by atoms with Crippen LogP contribution in [0.5, 0.6) is 11.5 Å². The lowest BCUT2D eigenvalue weighted by molar-refractivity contribution is -0.360. The maximum absolute atomic E-state index is 14.1. The molecule has 1 aromatic carbocycles. The van der Waals surface area contributed by atoms with E-state index in [9.17, 15) is 57.9 Å². The van der Waals surface area contributed by atoms with Gasteiger partial charge in [0.05, 0.1) is 0 Å². The molecule has 0 N–H and O–H groups in total. The van der Waals surface area contributed by atoms with Gasteiger partial charge in [0, 0.05) is 29.4 Å². The van der Waals surface area contributed by atoms with Crippen molar-refractivity contribution in [1.82, 2.24) is 0 Å². The van der Waals surface area contributed by atoms with E-state index in [4.69, 9.17) is 4.74 Å². The Labute approximate surface area is 230 Å². The van der Waals surface area contributed by atoms with Gasteiger partial charge in [-0.05, 0) is 50.8 Å². The number of benzene rings is 1. The van der Waals surface area contributed by atoms with Crippen molar-refractivity contribution in [1.29, 1.82) is 0 Å². The Morgan fingerprint density at radius 2 is 1.52 bits per heavy atom. The van der Waals surface area contributed by atoms with Gasteiger partial charge >= 0.3 is 36.6 Å². The Kier molecular flexibility index (Phi) is 9.05. The number of allylic oxidation sites excluding steroid dienone is 1. The summed E-state index contributed by atoms with van der Waals surface area (Å²) in [6, 6.07) is 1.85. The highest BCUT2D eigenvalue weighted by atomic mass is 19.4. The number of hydrogen-bond donors (Lipinski definition) is 0. The first-order chi connectivity index (χ1) is 19.0. The zero-order chi connectivity index (χ0) is 31.9. The molecule has 42 heavy (non-hydrogen) atoms. The van der Waals surface area contributed by atoms with Gasteiger partial charge in [-0.1, -0.05) is 6.08 Å². The molecule has 1 heterocycles. The van der Waals surface area contributed by atoms with E-state index in [2.05, 4.69) is 14.2 Å². The van der Waals surface area contributed by atoms with Gasteiger partial charge in [0.2, 0.25) is 0 Å². The van der Waals surface area contributed by atoms with Crippen molar-refractivity contribution in [2.24, 2.45) is 5.92 Å². The number of carbonyl (C=O) groups excluding carboxylic acids is 2. The van der Waals surface area contributed by atoms with Crippen molar-refractivity contribution in [3.63, 3.8) is 0 Å². The quantitative estimate of drug-likeness (QED) is 0.229. The van der Waals surface area contributed by atoms with Crippen LogP contribution in [-0.4, -0.2) is 55.4 Å². The van der Waals surface area contributed by atoms with Crippen LogP contribution in [0.4, 0.5) is 48.3 Å². The summed E-state index contributed by atoms with van der Waals surface area (Å²) in [5, 5.41) is 0. The van der Waals surface area contributed by atoms with Crippen LogP contribution in [-0.2, 0) is 25.5 Å². The summed E-state index contributed by atoms with van der Waals surface area (Å²) in [6.45, 7) is -0.729. The summed E-state index contributed by atoms with van der Waals surface area (Å²) in [5.41, 5.74) is -1.98. The third-order valence-corrected chi connectivity index (χ3v) is 6.51. The van der Waals surface area contributed by atoms with Crippen molar-refractivity contribution < 1.29 is 76.8 Å². The molecule has 2 aliphatic rings. The molecule has 0 unspecified atom stereocenters. The van der Waals surface area contributed by atoms with Gasteiger partial charge in [0.1, 0.15) is 17.1 Å². The van der Waals surface area contributed by atoms with Gasteiger partial charge in [0.15, 0.2) is 13.2 Å². The van der Waals surface area contributed by atoms with Crippen molar-refractivity contribution in [2.75, 3.05) is 13.2 Å². The lowest BCUT2D eigenvalue weighted by Crippen LogP contribution is -2.46. The molecule has 2 atom stereocenters. The number of aryl methyl sites for hydroxylation is 1. The van der Waals surface area contributed by atoms with E-state index < -0.39 is 85.8 Å². The fraction of sp³-hybridized carbons (Fsp3) is 0.600. The van der Waals surface area contributed by atoms with Crippen LogP contribution in [0.25, 0.3) is 0 Å². The highest BCUT2D eigenvalue weighted by molar-refractivity contribution is 5.89. The molecule has 236 valence electrons. The standard InChI is InChI=1S/C25H23F11O6/c1-21(2)15-5-4-13(20(38)40-11-23(29,30)31)9-14(15)19-16(41-21)7-12(3-6-18(37)39-10-22(26,27)28)8-17(19)42-25(35,36)24(32,33)34/h7-9,14-15H,3-6,10-11H2,1-2H3/t14-,15-/m1/s1. The first kappa shape index (κ1) is 33.2. The Morgan fingerprint density at radius 1 is 0.929 bits per heavy atom. The van der Waals surface area contributed by atoms with E-state index in [0.717, 1.165) is 12.1 Å². The molecule has 0 radical (unpaired) electrons. The molecule has 0 saturated carbocycles. The number of ether oxygens (including phenoxy) is 4. The maximum Gasteiger partial charge on any atom is 0.499 e. The predicted molar refractivity (Wildman–Crippen MR) is 119 cm³/mol. The molecule has 3 rings (SSSR count). The smallest absolute Gasteiger partial charge is 0.487 e. The molecule has 17 heteroatoms. The number of alkyl halides is 11. The number of esters is 2. The van der Waals surface area contributed by atoms with E-state index in [1.54, 1.807) is 13.8 Å². The molecule has 0 aromatic heterocycles. The maximum atomic E-state index is 14.1. The second kappa shape index (κ2) is 11.4. The summed E-state index contributed by atoms with van der Waals surface area (Å²) in [5.74, 6) is -5.96. The molecule has 1 aromatic rings. The van der Waals surface area contributed by atoms with Crippen LogP contribution < -0.4 is 9.47 Å². The van der Waals surface area contributed by atoms with E-state index in [-0.39, 0.29) is 35.3 Å². The van der Waals surface area contributed by atoms with Crippen LogP contribution in [0.15, 0.2) is 23.8 Å². The van der Waals surface area contributed by atoms with Gasteiger partial charge in [-0.15, -0.1) is 0 Å². The SMILES string of the molecule is CC1(C)Oc2cc(CCC(=O)OCC(F)(F)F)cc(OC(F)(F)C(F)(F)F)c2[C@@H]2C=C(C(=O)OCC(F)(F)F)CC[C@H]21. The third-order valence-electron chi connectivity index (χ3n) is 6.51. The van der Waals surface area contributed by atoms with Crippen LogP contribution in [0, 0.1) is 5.92 Å². The highest BCUT2D eigenvalue weighted by Crippen LogP contribution is 2.55. The predicted octanol–water partition coefficient (Wildman–Crippen LogP) is 6.96. The fourth-order valence-electron chi connectivity index (χ4n) is 4.71. The molecule has 1 aliphatic heterocycles. The van der Waals surface area contributed by atoms with Crippen molar-refractivity contribution in [2.45, 2.75) is 75.7 Å². The second-order valence-corrected chi connectivity index (χ2v) is 10.2. The molecular formula is C25H23F11O6. The largest absolute Gasteiger partial charge is 0.499 e. The lowest BCUT2D eigenvalue weighted by Gasteiger charge is -2.46. The van der Waals surface area contributed by atoms with Crippen LogP contribution in [0.1, 0.15) is 50.2 Å². The van der Waals surface area contributed by atoms with Crippen LogP contribution >= 0.6 is 0 Å².